The van der Waals surface area contributed by atoms with Crippen molar-refractivity contribution < 1.29 is 9.72 Å². The van der Waals surface area contributed by atoms with Gasteiger partial charge in [-0.15, -0.1) is 25.5 Å². The number of hydrogen-bond acceptors (Lipinski definition) is 8. The molecule has 6 aromatic rings. The van der Waals surface area contributed by atoms with Crippen LogP contribution in [-0.4, -0.2) is 40.8 Å². The summed E-state index contributed by atoms with van der Waals surface area (Å²) in [4.78, 5) is 23.2. The largest absolute Gasteiger partial charge is 0.304 e. The molecule has 1 amide bonds. The lowest BCUT2D eigenvalue weighted by molar-refractivity contribution is -0.384. The summed E-state index contributed by atoms with van der Waals surface area (Å²) in [7, 11) is 0. The molecule has 0 unspecified atom stereocenters. The summed E-state index contributed by atoms with van der Waals surface area (Å²) in [6.45, 7) is 1.76. The average molecular weight is 502 g/mol. The van der Waals surface area contributed by atoms with Crippen LogP contribution in [0.15, 0.2) is 84.9 Å². The average Bonchev–Trinajstić information content (AvgIpc) is 3.34. The van der Waals surface area contributed by atoms with Crippen LogP contribution >= 0.6 is 0 Å². The standard InChI is InChI=1S/C27H18N8O3/c1-16-24(28-27(36)19-12-14-20(15-13-19)35(37)38)30-32-26-22-21(17-8-4-2-5-9-17)23(18-10-6-3-7-11-18)29-31-25(22)33-34(16)26/h2-15H,1H3,(H,28,36). The molecule has 0 saturated heterocycles. The van der Waals surface area contributed by atoms with Crippen LogP contribution in [0.5, 0.6) is 0 Å². The lowest BCUT2D eigenvalue weighted by Crippen LogP contribution is -2.16. The number of nitro benzene ring substituents is 1. The third-order valence-corrected chi connectivity index (χ3v) is 6.16. The number of carbonyl (C=O) groups is 1. The number of nitrogens with one attached hydrogen (secondary N) is 1. The van der Waals surface area contributed by atoms with Crippen molar-refractivity contribution in [3.63, 3.8) is 0 Å². The van der Waals surface area contributed by atoms with Crippen molar-refractivity contribution in [2.75, 3.05) is 5.32 Å². The van der Waals surface area contributed by atoms with Crippen molar-refractivity contribution in [1.82, 2.24) is 30.0 Å². The second-order valence-electron chi connectivity index (χ2n) is 8.48. The Labute approximate surface area is 215 Å². The van der Waals surface area contributed by atoms with Crippen LogP contribution in [0, 0.1) is 17.0 Å². The maximum absolute atomic E-state index is 12.8. The van der Waals surface area contributed by atoms with E-state index < -0.39 is 10.8 Å². The smallest absolute Gasteiger partial charge is 0.269 e. The quantitative estimate of drug-likeness (QED) is 0.260. The van der Waals surface area contributed by atoms with Gasteiger partial charge in [0, 0.05) is 28.8 Å². The summed E-state index contributed by atoms with van der Waals surface area (Å²) in [5, 5.41) is 36.5. The van der Waals surface area contributed by atoms with Crippen molar-refractivity contribution >= 4 is 34.1 Å². The van der Waals surface area contributed by atoms with E-state index in [-0.39, 0.29) is 17.1 Å². The molecule has 0 bridgehead atoms. The molecule has 0 atom stereocenters. The number of aromatic nitrogens is 6. The number of rotatable bonds is 5. The van der Waals surface area contributed by atoms with Crippen molar-refractivity contribution in [3.8, 4) is 22.4 Å². The topological polar surface area (TPSA) is 141 Å². The fourth-order valence-electron chi connectivity index (χ4n) is 4.27. The van der Waals surface area contributed by atoms with Gasteiger partial charge in [0.05, 0.1) is 16.0 Å². The SMILES string of the molecule is Cc1c(NC(=O)c2ccc([N+](=O)[O-])cc2)nnc2c3c(-c4ccccc4)c(-c4ccccc4)nnc3nn12. The zero-order valence-electron chi connectivity index (χ0n) is 19.9. The Kier molecular flexibility index (Phi) is 5.49. The second kappa shape index (κ2) is 9.13. The third-order valence-electron chi connectivity index (χ3n) is 6.16. The van der Waals surface area contributed by atoms with Gasteiger partial charge in [-0.2, -0.15) is 0 Å². The normalized spacial score (nSPS) is 11.1. The molecule has 0 fully saturated rings. The van der Waals surface area contributed by atoms with Crippen molar-refractivity contribution in [1.29, 1.82) is 0 Å². The number of fused-ring (bicyclic) bond motifs is 3. The summed E-state index contributed by atoms with van der Waals surface area (Å²) >= 11 is 0. The molecule has 3 aromatic heterocycles. The Morgan fingerprint density at radius 1 is 0.842 bits per heavy atom. The van der Waals surface area contributed by atoms with E-state index >= 15 is 0 Å². The highest BCUT2D eigenvalue weighted by atomic mass is 16.6. The van der Waals surface area contributed by atoms with E-state index in [1.54, 1.807) is 11.4 Å². The van der Waals surface area contributed by atoms with Gasteiger partial charge in [-0.25, -0.2) is 4.52 Å². The van der Waals surface area contributed by atoms with Gasteiger partial charge in [0.25, 0.3) is 11.6 Å². The van der Waals surface area contributed by atoms with E-state index in [0.717, 1.165) is 16.7 Å². The van der Waals surface area contributed by atoms with Crippen molar-refractivity contribution in [2.24, 2.45) is 0 Å². The summed E-state index contributed by atoms with van der Waals surface area (Å²) < 4.78 is 1.58. The van der Waals surface area contributed by atoms with Crippen LogP contribution in [-0.2, 0) is 0 Å². The van der Waals surface area contributed by atoms with E-state index in [1.165, 1.54) is 24.3 Å². The van der Waals surface area contributed by atoms with Gasteiger partial charge in [-0.05, 0) is 24.6 Å². The summed E-state index contributed by atoms with van der Waals surface area (Å²) in [6.07, 6.45) is 0. The van der Waals surface area contributed by atoms with Gasteiger partial charge in [-0.1, -0.05) is 60.7 Å². The number of anilines is 1. The molecular weight excluding hydrogens is 484 g/mol. The molecule has 11 heteroatoms. The van der Waals surface area contributed by atoms with Gasteiger partial charge in [0.1, 0.15) is 5.69 Å². The molecular formula is C27H18N8O3. The summed E-state index contributed by atoms with van der Waals surface area (Å²) in [5.74, 6) is -0.282. The predicted molar refractivity (Wildman–Crippen MR) is 141 cm³/mol. The van der Waals surface area contributed by atoms with Crippen LogP contribution in [0.2, 0.25) is 0 Å². The molecule has 184 valence electrons. The van der Waals surface area contributed by atoms with E-state index in [2.05, 4.69) is 30.8 Å². The highest BCUT2D eigenvalue weighted by Gasteiger charge is 2.22. The first-order valence-corrected chi connectivity index (χ1v) is 11.6. The number of nitrogens with zero attached hydrogens (tertiary/aromatic N) is 7. The van der Waals surface area contributed by atoms with Crippen LogP contribution in [0.4, 0.5) is 11.5 Å². The number of amides is 1. The Morgan fingerprint density at radius 3 is 2.16 bits per heavy atom. The molecule has 0 saturated carbocycles. The third kappa shape index (κ3) is 3.88. The lowest BCUT2D eigenvalue weighted by Gasteiger charge is -2.10. The number of nitro groups is 1. The molecule has 11 nitrogen and oxygen atoms in total. The predicted octanol–water partition coefficient (Wildman–Crippen LogP) is 4.87. The van der Waals surface area contributed by atoms with E-state index in [9.17, 15) is 14.9 Å². The van der Waals surface area contributed by atoms with Crippen molar-refractivity contribution in [2.45, 2.75) is 6.92 Å². The highest BCUT2D eigenvalue weighted by molar-refractivity contribution is 6.07. The second-order valence-corrected chi connectivity index (χ2v) is 8.48. The Balaban J connectivity index is 1.48. The van der Waals surface area contributed by atoms with E-state index in [0.29, 0.717) is 28.1 Å². The van der Waals surface area contributed by atoms with E-state index in [1.807, 2.05) is 60.7 Å². The molecule has 38 heavy (non-hydrogen) atoms. The first-order valence-electron chi connectivity index (χ1n) is 11.6. The summed E-state index contributed by atoms with van der Waals surface area (Å²) in [5.41, 5.74) is 4.87. The number of aryl methyl sites for hydroxylation is 1. The molecule has 0 radical (unpaired) electrons. The Bertz CT molecular complexity index is 1840. The van der Waals surface area contributed by atoms with Gasteiger partial charge >= 0.3 is 0 Å². The van der Waals surface area contributed by atoms with Gasteiger partial charge < -0.3 is 5.32 Å². The molecule has 3 aromatic carbocycles. The van der Waals surface area contributed by atoms with Crippen molar-refractivity contribution in [3.05, 3.63) is 106 Å². The first kappa shape index (κ1) is 22.9. The van der Waals surface area contributed by atoms with Crippen LogP contribution in [0.25, 0.3) is 39.1 Å². The minimum absolute atomic E-state index is 0.104. The molecule has 3 heterocycles. The summed E-state index contributed by atoms with van der Waals surface area (Å²) in [6, 6.07) is 24.9. The Morgan fingerprint density at radius 2 is 1.50 bits per heavy atom. The molecule has 0 aliphatic heterocycles. The fraction of sp³-hybridized carbons (Fsp3) is 0.0370. The molecule has 1 N–H and O–H groups in total. The van der Waals surface area contributed by atoms with Crippen LogP contribution in [0.3, 0.4) is 0 Å². The lowest BCUT2D eigenvalue weighted by atomic mass is 9.97. The molecule has 0 spiro atoms. The molecule has 6 rings (SSSR count). The van der Waals surface area contributed by atoms with Gasteiger partial charge in [0.15, 0.2) is 11.5 Å². The molecule has 0 aliphatic carbocycles. The maximum Gasteiger partial charge on any atom is 0.269 e. The van der Waals surface area contributed by atoms with Crippen LogP contribution < -0.4 is 5.32 Å². The molecule has 0 aliphatic rings. The fourth-order valence-corrected chi connectivity index (χ4v) is 4.27. The zero-order valence-corrected chi connectivity index (χ0v) is 19.9. The number of benzene rings is 3. The maximum atomic E-state index is 12.8. The Hall–Kier alpha value is -5.58. The van der Waals surface area contributed by atoms with Gasteiger partial charge in [0.2, 0.25) is 5.65 Å². The van der Waals surface area contributed by atoms with Gasteiger partial charge in [-0.3, -0.25) is 14.9 Å². The zero-order chi connectivity index (χ0) is 26.2. The first-order chi connectivity index (χ1) is 18.5. The number of non-ortho nitro benzene ring substituents is 1. The highest BCUT2D eigenvalue weighted by Crippen LogP contribution is 2.37. The number of hydrogen-bond donors (Lipinski definition) is 1. The van der Waals surface area contributed by atoms with Crippen LogP contribution in [0.1, 0.15) is 16.1 Å². The number of carbonyl (C=O) groups excluding carboxylic acids is 1. The minimum Gasteiger partial charge on any atom is -0.304 e. The monoisotopic (exact) mass is 502 g/mol. The van der Waals surface area contributed by atoms with E-state index in [4.69, 9.17) is 0 Å². The minimum atomic E-state index is -0.524.